The van der Waals surface area contributed by atoms with Crippen molar-refractivity contribution in [3.63, 3.8) is 0 Å². The number of aliphatic hydroxyl groups is 2. The molecule has 0 saturated heterocycles. The van der Waals surface area contributed by atoms with Crippen molar-refractivity contribution >= 4 is 190 Å². The van der Waals surface area contributed by atoms with Crippen LogP contribution in [0.5, 0.6) is 0 Å². The highest BCUT2D eigenvalue weighted by Gasteiger charge is 2.41. The Labute approximate surface area is 882 Å². The second-order valence-corrected chi connectivity index (χ2v) is 49.7. The number of anilines is 9. The van der Waals surface area contributed by atoms with E-state index in [0.717, 1.165) is 199 Å². The van der Waals surface area contributed by atoms with E-state index in [1.807, 2.05) is 140 Å². The number of fused-ring (bicyclic) bond motifs is 7. The van der Waals surface area contributed by atoms with Crippen LogP contribution in [0.2, 0.25) is 26.2 Å². The minimum atomic E-state index is -1.99. The van der Waals surface area contributed by atoms with Crippen molar-refractivity contribution in [1.29, 1.82) is 0 Å². The van der Waals surface area contributed by atoms with Gasteiger partial charge in [0.25, 0.3) is 0 Å². The van der Waals surface area contributed by atoms with Crippen molar-refractivity contribution in [2.75, 3.05) is 177 Å². The van der Waals surface area contributed by atoms with Gasteiger partial charge in [-0.25, -0.2) is 0 Å². The van der Waals surface area contributed by atoms with E-state index in [-0.39, 0.29) is 24.8 Å². The molecule has 0 aliphatic carbocycles. The van der Waals surface area contributed by atoms with Crippen LogP contribution in [0.25, 0.3) is 0 Å². The standard InChI is InChI=1S/C24H28N2OSi.C24H30N2OSi.C22H24Br2N2.2C13H16BrNO.C12H14BrN.C9H10BrN/c1-6-11-26(12-7-2)18-8-9-19-22(15-18)28(4,5)23-16-21-17(10-13-25(21)3)14-20(23)24(19)27;1-6-13-26(14-7-2)20-9-8-10-23(27)21-17-19-11-15-25(3)22(19)18-24(21)28(4,5)16-12-20;1-4-9-26(10-5-2)19-7-6-16(20(23)14-19)12-18-13-17-8-11-25(3)22(17)15-21(18)24;2*1-3-7-15(8-4-2)12-6-5-11(10-16)13(14)9-12;1-3-8-14(9-4-2)12-7-5-6-11(13)10-12;1-11-5-4-7-2-3-8(10)6-9(7)11/h6-9,14-16H,1-2,10-13H2,3-5H3;6-10,12,16-18H,1-2,11,13-15H2,3-5H3;4-7,13-15H,1-2,8-12H2,3H3;2*3-6,9,16H,1-2,7-8,10H2;3-7,10H,1-2,8-9H2;2-3,6H,4-5H2,1H3/b;10-8+,16-12?,20-9?;;;;;. The molecule has 6 aliphatic heterocycles. The van der Waals surface area contributed by atoms with Gasteiger partial charge in [-0.2, -0.15) is 0 Å². The van der Waals surface area contributed by atoms with Crippen molar-refractivity contribution in [3.05, 3.63) is 427 Å². The number of benzene rings is 9. The summed E-state index contributed by atoms with van der Waals surface area (Å²) in [5, 5.41) is 21.9. The van der Waals surface area contributed by atoms with E-state index in [2.05, 4.69) is 387 Å². The summed E-state index contributed by atoms with van der Waals surface area (Å²) in [6, 6.07) is 52.9. The molecule has 0 fully saturated rings. The van der Waals surface area contributed by atoms with Gasteiger partial charge in [-0.15, -0.1) is 78.9 Å². The first-order chi connectivity index (χ1) is 66.8. The zero-order chi connectivity index (χ0) is 101. The first-order valence-corrected chi connectivity index (χ1v) is 57.9. The third kappa shape index (κ3) is 30.1. The fraction of sp³-hybridized carbons (Fsp3) is 0.265. The SMILES string of the molecule is C=CCN(CC=C)C1=C/C=C/C(=O)c2cc3c(cc2[Si](C)(C)C=C1)N(C)CC3.C=CCN(CC=C)c1ccc(CO)c(Br)c1.C=CCN(CC=C)c1ccc(CO)c(Br)c1.C=CCN(CC=C)c1ccc(Cc2cc3c(cc2Br)N(C)CC3)c(Br)c1.C=CCN(CC=C)c1ccc2c(c1)[Si](C)(C)c1cc3c(cc1C2=O)CCN3C.C=CCN(CC=C)c1cccc(Br)c1.CN1CCc2ccc(Br)cc21. The predicted molar refractivity (Wildman–Crippen MR) is 630 cm³/mol. The number of aliphatic hydroxyl groups excluding tert-OH is 2. The topological polar surface area (TPSA) is 107 Å². The minimum absolute atomic E-state index is 0.0454. The van der Waals surface area contributed by atoms with Gasteiger partial charge in [0.15, 0.2) is 11.6 Å². The predicted octanol–water partition coefficient (Wildman–Crippen LogP) is 25.5. The van der Waals surface area contributed by atoms with Crippen LogP contribution in [0.15, 0.2) is 366 Å². The van der Waals surface area contributed by atoms with Crippen molar-refractivity contribution in [1.82, 2.24) is 4.90 Å². The first-order valence-electron chi connectivity index (χ1n) is 47.0. The molecule has 0 radical (unpaired) electrons. The highest BCUT2D eigenvalue weighted by Crippen LogP contribution is 2.39. The Morgan fingerprint density at radius 2 is 0.691 bits per heavy atom. The van der Waals surface area contributed by atoms with Crippen molar-refractivity contribution < 1.29 is 19.8 Å². The Bertz CT molecular complexity index is 5880. The highest BCUT2D eigenvalue weighted by molar-refractivity contribution is 9.11. The third-order valence-electron chi connectivity index (χ3n) is 25.3. The summed E-state index contributed by atoms with van der Waals surface area (Å²) in [7, 11) is 4.60. The molecule has 6 aliphatic rings. The summed E-state index contributed by atoms with van der Waals surface area (Å²) in [6.07, 6.45) is 35.7. The average molecular weight is 2280 g/mol. The monoisotopic (exact) mass is 2280 g/mol. The van der Waals surface area contributed by atoms with Gasteiger partial charge in [0.2, 0.25) is 0 Å². The zero-order valence-electron chi connectivity index (χ0n) is 82.4. The Morgan fingerprint density at radius 3 is 1.12 bits per heavy atom. The van der Waals surface area contributed by atoms with Crippen molar-refractivity contribution in [3.8, 4) is 0 Å². The van der Waals surface area contributed by atoms with E-state index in [0.29, 0.717) is 0 Å². The molecule has 0 spiro atoms. The van der Waals surface area contributed by atoms with Crippen LogP contribution in [0.1, 0.15) is 70.8 Å². The largest absolute Gasteiger partial charge is 0.392 e. The molecule has 2 N–H and O–H groups in total. The Kier molecular flexibility index (Phi) is 44.6. The van der Waals surface area contributed by atoms with Gasteiger partial charge in [-0.1, -0.05) is 243 Å². The first kappa shape index (κ1) is 112. The van der Waals surface area contributed by atoms with Crippen LogP contribution in [0.4, 0.5) is 51.2 Å². The maximum absolute atomic E-state index is 13.4. The Balaban J connectivity index is 0.000000186. The summed E-state index contributed by atoms with van der Waals surface area (Å²) in [5.41, 5.74) is 27.0. The second-order valence-electron chi connectivity index (χ2n) is 35.8. The number of ketones is 2. The number of halogens is 6. The summed E-state index contributed by atoms with van der Waals surface area (Å²) in [4.78, 5) is 48.8. The van der Waals surface area contributed by atoms with Gasteiger partial charge < -0.3 is 59.2 Å². The van der Waals surface area contributed by atoms with Crippen LogP contribution >= 0.6 is 95.6 Å². The van der Waals surface area contributed by atoms with Crippen LogP contribution in [-0.4, -0.2) is 176 Å². The van der Waals surface area contributed by atoms with Gasteiger partial charge in [0, 0.05) is 233 Å². The van der Waals surface area contributed by atoms with Gasteiger partial charge >= 0.3 is 0 Å². The fourth-order valence-electron chi connectivity index (χ4n) is 17.7. The fourth-order valence-corrected chi connectivity index (χ4v) is 25.6. The van der Waals surface area contributed by atoms with Crippen LogP contribution < -0.4 is 59.7 Å². The number of rotatable bonds is 34. The number of nitrogens with zero attached hydrogens (tertiary/aromatic N) is 10. The number of carbonyl (C=O) groups excluding carboxylic acids is 2. The lowest BCUT2D eigenvalue weighted by Gasteiger charge is -2.35. The van der Waals surface area contributed by atoms with Crippen LogP contribution in [-0.2, 0) is 45.3 Å². The average Bonchev–Trinajstić information content (AvgIpc) is 1.62. The van der Waals surface area contributed by atoms with Gasteiger partial charge in [-0.05, 0) is 226 Å². The molecule has 15 rings (SSSR count). The molecule has 139 heavy (non-hydrogen) atoms. The molecule has 0 saturated carbocycles. The van der Waals surface area contributed by atoms with Crippen molar-refractivity contribution in [2.24, 2.45) is 0 Å². The van der Waals surface area contributed by atoms with Crippen molar-refractivity contribution in [2.45, 2.75) is 71.5 Å². The summed E-state index contributed by atoms with van der Waals surface area (Å²) >= 11 is 21.3. The quantitative estimate of drug-likeness (QED) is 0.0295. The Morgan fingerprint density at radius 1 is 0.338 bits per heavy atom. The molecule has 0 atom stereocenters. The number of carbonyl (C=O) groups is 2. The third-order valence-corrected chi connectivity index (χ3v) is 35.5. The highest BCUT2D eigenvalue weighted by atomic mass is 79.9. The summed E-state index contributed by atoms with van der Waals surface area (Å²) < 4.78 is 6.42. The Hall–Kier alpha value is -10.3. The molecule has 14 nitrogen and oxygen atoms in total. The molecule has 6 heterocycles. The normalized spacial score (nSPS) is 13.9. The lowest BCUT2D eigenvalue weighted by Crippen LogP contribution is -2.60. The van der Waals surface area contributed by atoms with E-state index < -0.39 is 16.1 Å². The molecular formula is C117H138Br6N10O4Si2. The molecule has 730 valence electrons. The second kappa shape index (κ2) is 55.2. The van der Waals surface area contributed by atoms with E-state index in [9.17, 15) is 9.59 Å². The molecule has 0 amide bonds. The number of likely N-dealkylation sites (N-methyl/N-ethyl adjacent to an activating group) is 4. The van der Waals surface area contributed by atoms with E-state index >= 15 is 0 Å². The summed E-state index contributed by atoms with van der Waals surface area (Å²) in [5.74, 6) is 0.275. The molecule has 0 unspecified atom stereocenters. The molecule has 0 aromatic heterocycles. The smallest absolute Gasteiger partial charge is 0.192 e. The molecule has 9 aromatic carbocycles. The van der Waals surface area contributed by atoms with Crippen LogP contribution in [0.3, 0.4) is 0 Å². The maximum Gasteiger partial charge on any atom is 0.192 e. The lowest BCUT2D eigenvalue weighted by molar-refractivity contribution is 0.103. The van der Waals surface area contributed by atoms with E-state index in [1.54, 1.807) is 6.08 Å². The van der Waals surface area contributed by atoms with Gasteiger partial charge in [-0.3, -0.25) is 9.59 Å². The zero-order valence-corrected chi connectivity index (χ0v) is 94.0. The number of hydrogen-bond acceptors (Lipinski definition) is 14. The van der Waals surface area contributed by atoms with Gasteiger partial charge in [0.05, 0.1) is 13.2 Å². The van der Waals surface area contributed by atoms with E-state index in [1.165, 1.54) is 98.4 Å². The minimum Gasteiger partial charge on any atom is -0.392 e. The molecule has 9 aromatic rings. The number of hydrogen-bond donors (Lipinski definition) is 2. The maximum atomic E-state index is 13.4. The molecule has 22 heteroatoms. The number of allylic oxidation sites excluding steroid dienone is 4. The molecular weight excluding hydrogens is 2140 g/mol. The summed E-state index contributed by atoms with van der Waals surface area (Å²) in [6.45, 7) is 68.8. The lowest BCUT2D eigenvalue weighted by atomic mass is 9.98. The van der Waals surface area contributed by atoms with Gasteiger partial charge in [0.1, 0.15) is 16.1 Å². The molecule has 0 bridgehead atoms. The van der Waals surface area contributed by atoms with Crippen LogP contribution in [0, 0.1) is 0 Å². The van der Waals surface area contributed by atoms with E-state index in [4.69, 9.17) is 10.2 Å².